The van der Waals surface area contributed by atoms with Crippen molar-refractivity contribution in [1.82, 2.24) is 20.2 Å². The molecule has 20 heavy (non-hydrogen) atoms. The quantitative estimate of drug-likeness (QED) is 0.676. The molecule has 0 aliphatic heterocycles. The molecule has 0 unspecified atom stereocenters. The van der Waals surface area contributed by atoms with Crippen LogP contribution in [0.4, 0.5) is 5.69 Å². The Bertz CT molecular complexity index is 769. The van der Waals surface area contributed by atoms with Crippen molar-refractivity contribution in [1.29, 1.82) is 0 Å². The lowest BCUT2D eigenvalue weighted by molar-refractivity contribution is 0.789. The Morgan fingerprint density at radius 2 is 1.85 bits per heavy atom. The number of nitrogen functional groups attached to an aromatic ring is 1. The largest absolute Gasteiger partial charge is 0.398 e. The second-order valence-corrected chi connectivity index (χ2v) is 5.87. The summed E-state index contributed by atoms with van der Waals surface area (Å²) >= 11 is 6.94. The van der Waals surface area contributed by atoms with E-state index in [9.17, 15) is 0 Å². The molecule has 100 valence electrons. The van der Waals surface area contributed by atoms with Crippen molar-refractivity contribution in [2.24, 2.45) is 0 Å². The first kappa shape index (κ1) is 13.3. The van der Waals surface area contributed by atoms with Crippen LogP contribution in [-0.2, 0) is 0 Å². The molecule has 0 saturated heterocycles. The average molecular weight is 395 g/mol. The van der Waals surface area contributed by atoms with E-state index >= 15 is 0 Å². The molecule has 3 aromatic rings. The molecule has 0 atom stereocenters. The van der Waals surface area contributed by atoms with Gasteiger partial charge in [-0.1, -0.05) is 28.1 Å². The number of para-hydroxylation sites is 1. The third kappa shape index (κ3) is 2.34. The molecule has 0 spiro atoms. The van der Waals surface area contributed by atoms with Crippen LogP contribution >= 0.6 is 31.9 Å². The maximum Gasteiger partial charge on any atom is 0.189 e. The Labute approximate surface area is 132 Å². The van der Waals surface area contributed by atoms with Gasteiger partial charge >= 0.3 is 0 Å². The average Bonchev–Trinajstić information content (AvgIpc) is 2.88. The fraction of sp³-hybridized carbons (Fsp3) is 0. The highest BCUT2D eigenvalue weighted by Gasteiger charge is 2.14. The molecule has 2 N–H and O–H groups in total. The van der Waals surface area contributed by atoms with E-state index in [1.54, 1.807) is 4.68 Å². The van der Waals surface area contributed by atoms with Crippen LogP contribution in [-0.4, -0.2) is 20.2 Å². The topological polar surface area (TPSA) is 69.6 Å². The molecule has 0 bridgehead atoms. The summed E-state index contributed by atoms with van der Waals surface area (Å²) in [6, 6.07) is 13.3. The van der Waals surface area contributed by atoms with E-state index in [4.69, 9.17) is 5.73 Å². The molecule has 1 aromatic heterocycles. The van der Waals surface area contributed by atoms with Gasteiger partial charge in [-0.05, 0) is 56.7 Å². The molecule has 0 saturated carbocycles. The first-order chi connectivity index (χ1) is 9.66. The third-order valence-electron chi connectivity index (χ3n) is 2.81. The SMILES string of the molecule is Nc1ccccc1-c1nnnn1-c1ccc(Br)cc1Br. The number of nitrogens with zero attached hydrogens (tertiary/aromatic N) is 4. The summed E-state index contributed by atoms with van der Waals surface area (Å²) in [5.41, 5.74) is 8.27. The number of hydrogen-bond acceptors (Lipinski definition) is 4. The molecule has 1 heterocycles. The lowest BCUT2D eigenvalue weighted by Gasteiger charge is -2.08. The highest BCUT2D eigenvalue weighted by molar-refractivity contribution is 9.11. The van der Waals surface area contributed by atoms with Crippen LogP contribution in [0.2, 0.25) is 0 Å². The minimum Gasteiger partial charge on any atom is -0.398 e. The van der Waals surface area contributed by atoms with E-state index in [1.807, 2.05) is 42.5 Å². The molecule has 5 nitrogen and oxygen atoms in total. The highest BCUT2D eigenvalue weighted by atomic mass is 79.9. The van der Waals surface area contributed by atoms with E-state index < -0.39 is 0 Å². The summed E-state index contributed by atoms with van der Waals surface area (Å²) in [4.78, 5) is 0. The van der Waals surface area contributed by atoms with E-state index in [0.29, 0.717) is 11.5 Å². The number of nitrogens with two attached hydrogens (primary N) is 1. The standard InChI is InChI=1S/C13H9Br2N5/c14-8-5-6-12(10(15)7-8)20-13(17-18-19-20)9-3-1-2-4-11(9)16/h1-7H,16H2. The van der Waals surface area contributed by atoms with Gasteiger partial charge in [-0.15, -0.1) is 5.10 Å². The lowest BCUT2D eigenvalue weighted by atomic mass is 10.1. The zero-order valence-electron chi connectivity index (χ0n) is 10.2. The smallest absolute Gasteiger partial charge is 0.189 e. The normalized spacial score (nSPS) is 10.7. The summed E-state index contributed by atoms with van der Waals surface area (Å²) in [7, 11) is 0. The summed E-state index contributed by atoms with van der Waals surface area (Å²) in [5, 5.41) is 11.9. The molecule has 0 aliphatic rings. The van der Waals surface area contributed by atoms with Gasteiger partial charge in [-0.3, -0.25) is 0 Å². The molecule has 3 rings (SSSR count). The Morgan fingerprint density at radius 3 is 2.60 bits per heavy atom. The van der Waals surface area contributed by atoms with Crippen LogP contribution in [0.3, 0.4) is 0 Å². The fourth-order valence-corrected chi connectivity index (χ4v) is 3.09. The zero-order chi connectivity index (χ0) is 14.1. The number of hydrogen-bond donors (Lipinski definition) is 1. The first-order valence-electron chi connectivity index (χ1n) is 5.75. The molecular formula is C13H9Br2N5. The van der Waals surface area contributed by atoms with Gasteiger partial charge in [0.05, 0.1) is 5.69 Å². The van der Waals surface area contributed by atoms with Crippen LogP contribution in [0.1, 0.15) is 0 Å². The second-order valence-electron chi connectivity index (χ2n) is 4.10. The summed E-state index contributed by atoms with van der Waals surface area (Å²) in [6.07, 6.45) is 0. The highest BCUT2D eigenvalue weighted by Crippen LogP contribution is 2.29. The van der Waals surface area contributed by atoms with E-state index in [2.05, 4.69) is 47.4 Å². The summed E-state index contributed by atoms with van der Waals surface area (Å²) < 4.78 is 3.51. The minimum atomic E-state index is 0.603. The van der Waals surface area contributed by atoms with Crippen LogP contribution in [0.15, 0.2) is 51.4 Å². The number of rotatable bonds is 2. The van der Waals surface area contributed by atoms with Crippen molar-refractivity contribution < 1.29 is 0 Å². The van der Waals surface area contributed by atoms with E-state index in [-0.39, 0.29) is 0 Å². The molecule has 0 aliphatic carbocycles. The van der Waals surface area contributed by atoms with Gasteiger partial charge in [0.1, 0.15) is 0 Å². The number of tetrazole rings is 1. The van der Waals surface area contributed by atoms with Gasteiger partial charge in [0.2, 0.25) is 0 Å². The Hall–Kier alpha value is -1.73. The third-order valence-corrected chi connectivity index (χ3v) is 3.94. The number of aromatic nitrogens is 4. The van der Waals surface area contributed by atoms with Crippen molar-refractivity contribution >= 4 is 37.5 Å². The lowest BCUT2D eigenvalue weighted by Crippen LogP contribution is -2.02. The van der Waals surface area contributed by atoms with Crippen LogP contribution in [0.5, 0.6) is 0 Å². The maximum absolute atomic E-state index is 5.99. The fourth-order valence-electron chi connectivity index (χ4n) is 1.87. The van der Waals surface area contributed by atoms with Crippen molar-refractivity contribution in [3.63, 3.8) is 0 Å². The molecule has 0 radical (unpaired) electrons. The van der Waals surface area contributed by atoms with Crippen molar-refractivity contribution in [2.45, 2.75) is 0 Å². The Morgan fingerprint density at radius 1 is 1.05 bits per heavy atom. The van der Waals surface area contributed by atoms with Crippen molar-refractivity contribution in [2.75, 3.05) is 5.73 Å². The molecule has 0 amide bonds. The number of halogens is 2. The Kier molecular flexibility index (Phi) is 3.54. The molecule has 7 heteroatoms. The predicted molar refractivity (Wildman–Crippen MR) is 84.4 cm³/mol. The predicted octanol–water partition coefficient (Wildman–Crippen LogP) is 3.44. The van der Waals surface area contributed by atoms with Gasteiger partial charge in [0.15, 0.2) is 5.82 Å². The van der Waals surface area contributed by atoms with Gasteiger partial charge < -0.3 is 5.73 Å². The summed E-state index contributed by atoms with van der Waals surface area (Å²) in [5.74, 6) is 0.603. The Balaban J connectivity index is 2.18. The molecular weight excluding hydrogens is 386 g/mol. The second kappa shape index (κ2) is 5.34. The van der Waals surface area contributed by atoms with Crippen LogP contribution < -0.4 is 5.73 Å². The summed E-state index contributed by atoms with van der Waals surface area (Å²) in [6.45, 7) is 0. The zero-order valence-corrected chi connectivity index (χ0v) is 13.3. The van der Waals surface area contributed by atoms with Gasteiger partial charge in [0.25, 0.3) is 0 Å². The maximum atomic E-state index is 5.99. The number of benzene rings is 2. The van der Waals surface area contributed by atoms with Crippen molar-refractivity contribution in [3.05, 3.63) is 51.4 Å². The molecule has 2 aromatic carbocycles. The minimum absolute atomic E-state index is 0.603. The van der Waals surface area contributed by atoms with E-state index in [0.717, 1.165) is 20.2 Å². The van der Waals surface area contributed by atoms with Gasteiger partial charge in [-0.25, -0.2) is 0 Å². The molecule has 0 fully saturated rings. The monoisotopic (exact) mass is 393 g/mol. The van der Waals surface area contributed by atoms with Gasteiger partial charge in [0, 0.05) is 20.2 Å². The van der Waals surface area contributed by atoms with Crippen molar-refractivity contribution in [3.8, 4) is 17.1 Å². The van der Waals surface area contributed by atoms with Gasteiger partial charge in [-0.2, -0.15) is 4.68 Å². The number of anilines is 1. The van der Waals surface area contributed by atoms with Crippen LogP contribution in [0.25, 0.3) is 17.1 Å². The van der Waals surface area contributed by atoms with E-state index in [1.165, 1.54) is 0 Å². The first-order valence-corrected chi connectivity index (χ1v) is 7.34. The van der Waals surface area contributed by atoms with Crippen LogP contribution in [0, 0.1) is 0 Å².